The highest BCUT2D eigenvalue weighted by Crippen LogP contribution is 2.38. The van der Waals surface area contributed by atoms with Gasteiger partial charge in [-0.05, 0) is 48.8 Å². The second-order valence-electron chi connectivity index (χ2n) is 6.40. The molecule has 0 heterocycles. The molecule has 2 heteroatoms. The van der Waals surface area contributed by atoms with Crippen molar-refractivity contribution in [2.45, 2.75) is 64.9 Å². The summed E-state index contributed by atoms with van der Waals surface area (Å²) in [5, 5.41) is 10.6. The van der Waals surface area contributed by atoms with Gasteiger partial charge in [-0.2, -0.15) is 0 Å². The Kier molecular flexibility index (Phi) is 6.56. The molecule has 1 aliphatic rings. The van der Waals surface area contributed by atoms with Crippen molar-refractivity contribution in [3.05, 3.63) is 29.8 Å². The number of benzene rings is 1. The number of hydrogen-bond donors (Lipinski definition) is 1. The van der Waals surface area contributed by atoms with E-state index in [0.29, 0.717) is 5.92 Å². The molecule has 0 amide bonds. The molecule has 0 bridgehead atoms. The molecule has 1 unspecified atom stereocenters. The van der Waals surface area contributed by atoms with Crippen LogP contribution in [0, 0.1) is 11.8 Å². The smallest absolute Gasteiger partial charge is 0.119 e. The van der Waals surface area contributed by atoms with Crippen LogP contribution in [0.4, 0.5) is 0 Å². The van der Waals surface area contributed by atoms with Crippen molar-refractivity contribution in [1.82, 2.24) is 0 Å². The zero-order chi connectivity index (χ0) is 15.1. The van der Waals surface area contributed by atoms with Crippen LogP contribution in [0.3, 0.4) is 0 Å². The van der Waals surface area contributed by atoms with Crippen molar-refractivity contribution in [3.8, 4) is 5.75 Å². The van der Waals surface area contributed by atoms with E-state index in [1.807, 2.05) is 24.3 Å². The number of ether oxygens (including phenoxy) is 1. The average Bonchev–Trinajstić information content (AvgIpc) is 2.55. The largest absolute Gasteiger partial charge is 0.494 e. The summed E-state index contributed by atoms with van der Waals surface area (Å²) in [6.07, 6.45) is 8.08. The van der Waals surface area contributed by atoms with E-state index in [2.05, 4.69) is 13.8 Å². The number of unbranched alkanes of at least 4 members (excludes halogenated alkanes) is 1. The van der Waals surface area contributed by atoms with Gasteiger partial charge in [0, 0.05) is 0 Å². The van der Waals surface area contributed by atoms with Gasteiger partial charge in [0.25, 0.3) is 0 Å². The molecule has 1 N–H and O–H groups in total. The van der Waals surface area contributed by atoms with Crippen LogP contribution in [0.5, 0.6) is 5.75 Å². The van der Waals surface area contributed by atoms with E-state index >= 15 is 0 Å². The van der Waals surface area contributed by atoms with E-state index in [-0.39, 0.29) is 6.10 Å². The molecule has 0 spiro atoms. The number of hydrogen-bond acceptors (Lipinski definition) is 2. The third-order valence-corrected chi connectivity index (χ3v) is 4.90. The van der Waals surface area contributed by atoms with Crippen LogP contribution >= 0.6 is 0 Å². The molecule has 118 valence electrons. The third-order valence-electron chi connectivity index (χ3n) is 4.90. The Morgan fingerprint density at radius 2 is 1.76 bits per heavy atom. The second-order valence-corrected chi connectivity index (χ2v) is 6.40. The first-order valence-electron chi connectivity index (χ1n) is 8.65. The molecule has 0 aliphatic heterocycles. The van der Waals surface area contributed by atoms with Gasteiger partial charge < -0.3 is 9.84 Å². The summed E-state index contributed by atoms with van der Waals surface area (Å²) in [5.74, 6) is 2.22. The van der Waals surface area contributed by atoms with Crippen LogP contribution in [0.15, 0.2) is 24.3 Å². The van der Waals surface area contributed by atoms with Gasteiger partial charge in [0.05, 0.1) is 12.7 Å². The van der Waals surface area contributed by atoms with Crippen LogP contribution < -0.4 is 4.74 Å². The lowest BCUT2D eigenvalue weighted by atomic mass is 9.77. The molecule has 0 saturated heterocycles. The molecule has 1 aromatic rings. The van der Waals surface area contributed by atoms with Crippen LogP contribution in [0.1, 0.15) is 70.5 Å². The Morgan fingerprint density at radius 3 is 2.33 bits per heavy atom. The molecule has 21 heavy (non-hydrogen) atoms. The molecule has 1 saturated carbocycles. The maximum Gasteiger partial charge on any atom is 0.119 e. The van der Waals surface area contributed by atoms with Crippen LogP contribution in [-0.2, 0) is 0 Å². The van der Waals surface area contributed by atoms with Crippen LogP contribution in [-0.4, -0.2) is 11.7 Å². The van der Waals surface area contributed by atoms with Crippen molar-refractivity contribution in [3.63, 3.8) is 0 Å². The Bertz CT molecular complexity index is 391. The Morgan fingerprint density at radius 1 is 1.10 bits per heavy atom. The SMILES string of the molecule is CCCCOc1ccc(C(O)C2CCC(CC)CC2)cc1. The van der Waals surface area contributed by atoms with Crippen molar-refractivity contribution in [1.29, 1.82) is 0 Å². The van der Waals surface area contributed by atoms with E-state index in [4.69, 9.17) is 4.74 Å². The zero-order valence-corrected chi connectivity index (χ0v) is 13.6. The summed E-state index contributed by atoms with van der Waals surface area (Å²) in [6.45, 7) is 5.22. The topological polar surface area (TPSA) is 29.5 Å². The van der Waals surface area contributed by atoms with Gasteiger partial charge in [0.1, 0.15) is 5.75 Å². The number of aliphatic hydroxyl groups excluding tert-OH is 1. The first kappa shape index (κ1) is 16.4. The van der Waals surface area contributed by atoms with Gasteiger partial charge in [-0.1, -0.05) is 51.7 Å². The minimum absolute atomic E-state index is 0.313. The van der Waals surface area contributed by atoms with Gasteiger partial charge in [-0.25, -0.2) is 0 Å². The van der Waals surface area contributed by atoms with Crippen molar-refractivity contribution < 1.29 is 9.84 Å². The fourth-order valence-corrected chi connectivity index (χ4v) is 3.28. The highest BCUT2D eigenvalue weighted by Gasteiger charge is 2.26. The molecule has 2 nitrogen and oxygen atoms in total. The van der Waals surface area contributed by atoms with E-state index in [1.165, 1.54) is 19.3 Å². The van der Waals surface area contributed by atoms with Crippen LogP contribution in [0.25, 0.3) is 0 Å². The standard InChI is InChI=1S/C19H30O2/c1-3-5-14-21-18-12-10-17(11-13-18)19(20)16-8-6-15(4-2)7-9-16/h10-13,15-16,19-20H,3-9,14H2,1-2H3. The molecule has 0 radical (unpaired) electrons. The van der Waals surface area contributed by atoms with E-state index in [1.54, 1.807) is 0 Å². The lowest BCUT2D eigenvalue weighted by Gasteiger charge is -2.31. The average molecular weight is 290 g/mol. The first-order valence-corrected chi connectivity index (χ1v) is 8.65. The summed E-state index contributed by atoms with van der Waals surface area (Å²) in [7, 11) is 0. The van der Waals surface area contributed by atoms with Gasteiger partial charge in [0.2, 0.25) is 0 Å². The zero-order valence-electron chi connectivity index (χ0n) is 13.6. The minimum Gasteiger partial charge on any atom is -0.494 e. The fourth-order valence-electron chi connectivity index (χ4n) is 3.28. The third kappa shape index (κ3) is 4.74. The molecular formula is C19H30O2. The summed E-state index contributed by atoms with van der Waals surface area (Å²) < 4.78 is 5.67. The maximum absolute atomic E-state index is 10.6. The van der Waals surface area contributed by atoms with E-state index in [0.717, 1.165) is 49.5 Å². The van der Waals surface area contributed by atoms with E-state index < -0.39 is 0 Å². The maximum atomic E-state index is 10.6. The minimum atomic E-state index is -0.313. The molecule has 1 aliphatic carbocycles. The quantitative estimate of drug-likeness (QED) is 0.707. The number of rotatable bonds is 7. The number of aliphatic hydroxyl groups is 1. The molecule has 0 aromatic heterocycles. The summed E-state index contributed by atoms with van der Waals surface area (Å²) in [5.41, 5.74) is 1.04. The van der Waals surface area contributed by atoms with Crippen molar-refractivity contribution >= 4 is 0 Å². The first-order chi connectivity index (χ1) is 10.2. The molecular weight excluding hydrogens is 260 g/mol. The molecule has 1 fully saturated rings. The Labute approximate surface area is 129 Å². The van der Waals surface area contributed by atoms with Crippen molar-refractivity contribution in [2.75, 3.05) is 6.61 Å². The van der Waals surface area contributed by atoms with Crippen molar-refractivity contribution in [2.24, 2.45) is 11.8 Å². The van der Waals surface area contributed by atoms with Gasteiger partial charge in [-0.15, -0.1) is 0 Å². The van der Waals surface area contributed by atoms with Gasteiger partial charge in [-0.3, -0.25) is 0 Å². The summed E-state index contributed by atoms with van der Waals surface area (Å²) in [6, 6.07) is 8.04. The molecule has 1 aromatic carbocycles. The normalized spacial score (nSPS) is 23.8. The van der Waals surface area contributed by atoms with Crippen LogP contribution in [0.2, 0.25) is 0 Å². The Hall–Kier alpha value is -1.02. The van der Waals surface area contributed by atoms with Gasteiger partial charge >= 0.3 is 0 Å². The molecule has 2 rings (SSSR count). The van der Waals surface area contributed by atoms with Gasteiger partial charge in [0.15, 0.2) is 0 Å². The summed E-state index contributed by atoms with van der Waals surface area (Å²) >= 11 is 0. The lowest BCUT2D eigenvalue weighted by molar-refractivity contribution is 0.0729. The highest BCUT2D eigenvalue weighted by atomic mass is 16.5. The predicted molar refractivity (Wildman–Crippen MR) is 87.5 cm³/mol. The summed E-state index contributed by atoms with van der Waals surface area (Å²) in [4.78, 5) is 0. The monoisotopic (exact) mass is 290 g/mol. The lowest BCUT2D eigenvalue weighted by Crippen LogP contribution is -2.20. The highest BCUT2D eigenvalue weighted by molar-refractivity contribution is 5.28. The Balaban J connectivity index is 1.86. The fraction of sp³-hybridized carbons (Fsp3) is 0.684. The molecule has 1 atom stereocenters. The predicted octanol–water partition coefficient (Wildman–Crippen LogP) is 5.12. The van der Waals surface area contributed by atoms with E-state index in [9.17, 15) is 5.11 Å². The second kappa shape index (κ2) is 8.43.